The smallest absolute Gasteiger partial charge is 0.164 e. The molecule has 0 atom stereocenters. The third-order valence-electron chi connectivity index (χ3n) is 9.13. The van der Waals surface area contributed by atoms with E-state index in [1.807, 2.05) is 66.7 Å². The van der Waals surface area contributed by atoms with Crippen LogP contribution in [-0.4, -0.2) is 19.9 Å². The van der Waals surface area contributed by atoms with Gasteiger partial charge in [0.25, 0.3) is 0 Å². The van der Waals surface area contributed by atoms with Gasteiger partial charge in [0, 0.05) is 38.4 Å². The highest BCUT2D eigenvalue weighted by Crippen LogP contribution is 2.39. The summed E-state index contributed by atoms with van der Waals surface area (Å²) in [5.41, 5.74) is 10.4. The SMILES string of the molecule is c1ccc(-c2nc(-c3ccccc3)nc(-c3ccc(-c4ccc5c(c4)nc(-c4ccccc4)c4cccc(-c6ccccc6)c45)cc3)n2)cc1. The highest BCUT2D eigenvalue weighted by Gasteiger charge is 2.16. The molecule has 0 saturated carbocycles. The monoisotopic (exact) mass is 638 g/mol. The number of benzene rings is 7. The molecule has 7 aromatic carbocycles. The normalized spacial score (nSPS) is 11.2. The molecule has 2 aromatic heterocycles. The van der Waals surface area contributed by atoms with Crippen molar-refractivity contribution in [3.05, 3.63) is 182 Å². The van der Waals surface area contributed by atoms with Crippen molar-refractivity contribution < 1.29 is 0 Å². The standard InChI is InChI=1S/C46H30N4/c1-5-14-32(15-6-1)38-22-13-23-40-42(38)39-29-28-37(30-41(39)47-43(40)33-16-7-2-8-17-33)31-24-26-36(27-25-31)46-49-44(34-18-9-3-10-19-34)48-45(50-46)35-20-11-4-12-21-35/h1-30H. The molecular formula is C46H30N4. The fourth-order valence-corrected chi connectivity index (χ4v) is 6.66. The van der Waals surface area contributed by atoms with Crippen LogP contribution in [0.25, 0.3) is 89.4 Å². The van der Waals surface area contributed by atoms with E-state index in [1.54, 1.807) is 0 Å². The van der Waals surface area contributed by atoms with Gasteiger partial charge < -0.3 is 0 Å². The van der Waals surface area contributed by atoms with Gasteiger partial charge in [-0.15, -0.1) is 0 Å². The van der Waals surface area contributed by atoms with Gasteiger partial charge >= 0.3 is 0 Å². The van der Waals surface area contributed by atoms with Crippen molar-refractivity contribution in [3.8, 4) is 67.7 Å². The molecule has 4 nitrogen and oxygen atoms in total. The first-order valence-electron chi connectivity index (χ1n) is 16.7. The Labute approximate surface area is 290 Å². The first kappa shape index (κ1) is 29.4. The van der Waals surface area contributed by atoms with E-state index in [0.29, 0.717) is 17.5 Å². The minimum Gasteiger partial charge on any atom is -0.247 e. The van der Waals surface area contributed by atoms with E-state index in [1.165, 1.54) is 16.5 Å². The van der Waals surface area contributed by atoms with Gasteiger partial charge in [0.15, 0.2) is 17.5 Å². The summed E-state index contributed by atoms with van der Waals surface area (Å²) in [6.07, 6.45) is 0. The topological polar surface area (TPSA) is 51.6 Å². The molecule has 4 heteroatoms. The van der Waals surface area contributed by atoms with Crippen molar-refractivity contribution >= 4 is 21.7 Å². The number of nitrogens with zero attached hydrogens (tertiary/aromatic N) is 4. The van der Waals surface area contributed by atoms with Crippen molar-refractivity contribution in [2.75, 3.05) is 0 Å². The Morgan fingerprint density at radius 2 is 0.740 bits per heavy atom. The maximum atomic E-state index is 5.31. The summed E-state index contributed by atoms with van der Waals surface area (Å²) in [4.78, 5) is 20.0. The number of hydrogen-bond acceptors (Lipinski definition) is 4. The molecule has 0 aliphatic carbocycles. The summed E-state index contributed by atoms with van der Waals surface area (Å²) >= 11 is 0. The number of rotatable bonds is 6. The lowest BCUT2D eigenvalue weighted by atomic mass is 9.92. The Kier molecular flexibility index (Phi) is 7.45. The highest BCUT2D eigenvalue weighted by molar-refractivity contribution is 6.17. The van der Waals surface area contributed by atoms with Crippen LogP contribution in [0.2, 0.25) is 0 Å². The molecule has 0 fully saturated rings. The summed E-state index contributed by atoms with van der Waals surface area (Å²) in [6, 6.07) is 62.8. The maximum Gasteiger partial charge on any atom is 0.164 e. The van der Waals surface area contributed by atoms with Crippen LogP contribution in [0.5, 0.6) is 0 Å². The van der Waals surface area contributed by atoms with Crippen molar-refractivity contribution in [1.29, 1.82) is 0 Å². The van der Waals surface area contributed by atoms with Gasteiger partial charge in [0.05, 0.1) is 11.2 Å². The maximum absolute atomic E-state index is 5.31. The van der Waals surface area contributed by atoms with Gasteiger partial charge in [0.2, 0.25) is 0 Å². The van der Waals surface area contributed by atoms with Gasteiger partial charge in [-0.1, -0.05) is 176 Å². The fraction of sp³-hybridized carbons (Fsp3) is 0. The summed E-state index contributed by atoms with van der Waals surface area (Å²) in [5.74, 6) is 1.93. The van der Waals surface area contributed by atoms with Gasteiger partial charge in [-0.05, 0) is 28.3 Å². The molecule has 0 spiro atoms. The third kappa shape index (κ3) is 5.49. The van der Waals surface area contributed by atoms with Gasteiger partial charge in [0.1, 0.15) is 0 Å². The third-order valence-corrected chi connectivity index (χ3v) is 9.13. The zero-order valence-corrected chi connectivity index (χ0v) is 27.1. The van der Waals surface area contributed by atoms with E-state index in [4.69, 9.17) is 19.9 Å². The molecule has 0 N–H and O–H groups in total. The Morgan fingerprint density at radius 3 is 1.30 bits per heavy atom. The zero-order chi connectivity index (χ0) is 33.3. The number of aromatic nitrogens is 4. The van der Waals surface area contributed by atoms with Crippen molar-refractivity contribution in [2.45, 2.75) is 0 Å². The van der Waals surface area contributed by atoms with Crippen molar-refractivity contribution in [1.82, 2.24) is 19.9 Å². The number of hydrogen-bond donors (Lipinski definition) is 0. The van der Waals surface area contributed by atoms with Crippen LogP contribution in [0.15, 0.2) is 182 Å². The average molecular weight is 639 g/mol. The molecule has 0 aliphatic rings. The second-order valence-corrected chi connectivity index (χ2v) is 12.3. The van der Waals surface area contributed by atoms with Gasteiger partial charge in [-0.2, -0.15) is 0 Å². The molecule has 0 bridgehead atoms. The second kappa shape index (κ2) is 12.7. The van der Waals surface area contributed by atoms with E-state index < -0.39 is 0 Å². The quantitative estimate of drug-likeness (QED) is 0.170. The molecule has 0 unspecified atom stereocenters. The van der Waals surface area contributed by atoms with Crippen LogP contribution >= 0.6 is 0 Å². The summed E-state index contributed by atoms with van der Waals surface area (Å²) in [6.45, 7) is 0. The molecule has 50 heavy (non-hydrogen) atoms. The van der Waals surface area contributed by atoms with Gasteiger partial charge in [-0.25, -0.2) is 19.9 Å². The average Bonchev–Trinajstić information content (AvgIpc) is 3.21. The van der Waals surface area contributed by atoms with E-state index in [2.05, 4.69) is 115 Å². The van der Waals surface area contributed by atoms with E-state index in [9.17, 15) is 0 Å². The van der Waals surface area contributed by atoms with Crippen molar-refractivity contribution in [3.63, 3.8) is 0 Å². The predicted octanol–water partition coefficient (Wildman–Crippen LogP) is 11.6. The van der Waals surface area contributed by atoms with Gasteiger partial charge in [-0.3, -0.25) is 0 Å². The van der Waals surface area contributed by atoms with Crippen LogP contribution in [-0.2, 0) is 0 Å². The van der Waals surface area contributed by atoms with Crippen LogP contribution in [0, 0.1) is 0 Å². The minimum atomic E-state index is 0.636. The molecular weight excluding hydrogens is 609 g/mol. The Bertz CT molecular complexity index is 2550. The van der Waals surface area contributed by atoms with Crippen LogP contribution < -0.4 is 0 Å². The molecule has 2 heterocycles. The molecule has 0 aliphatic heterocycles. The lowest BCUT2D eigenvalue weighted by Gasteiger charge is -2.15. The minimum absolute atomic E-state index is 0.636. The second-order valence-electron chi connectivity index (χ2n) is 12.3. The fourth-order valence-electron chi connectivity index (χ4n) is 6.66. The van der Waals surface area contributed by atoms with Crippen LogP contribution in [0.3, 0.4) is 0 Å². The largest absolute Gasteiger partial charge is 0.247 e. The van der Waals surface area contributed by atoms with E-state index in [0.717, 1.165) is 55.4 Å². The van der Waals surface area contributed by atoms with Crippen LogP contribution in [0.4, 0.5) is 0 Å². The first-order valence-corrected chi connectivity index (χ1v) is 16.7. The predicted molar refractivity (Wildman–Crippen MR) is 205 cm³/mol. The summed E-state index contributed by atoms with van der Waals surface area (Å²) < 4.78 is 0. The summed E-state index contributed by atoms with van der Waals surface area (Å²) in [5, 5.41) is 3.48. The van der Waals surface area contributed by atoms with Crippen LogP contribution in [0.1, 0.15) is 0 Å². The van der Waals surface area contributed by atoms with E-state index >= 15 is 0 Å². The Hall–Kier alpha value is -6.78. The number of fused-ring (bicyclic) bond motifs is 3. The van der Waals surface area contributed by atoms with E-state index in [-0.39, 0.29) is 0 Å². The number of pyridine rings is 1. The first-order chi connectivity index (χ1) is 24.8. The van der Waals surface area contributed by atoms with Crippen molar-refractivity contribution in [2.24, 2.45) is 0 Å². The zero-order valence-electron chi connectivity index (χ0n) is 27.1. The summed E-state index contributed by atoms with van der Waals surface area (Å²) in [7, 11) is 0. The lowest BCUT2D eigenvalue weighted by molar-refractivity contribution is 1.07. The molecule has 9 aromatic rings. The Morgan fingerprint density at radius 1 is 0.280 bits per heavy atom. The Balaban J connectivity index is 1.16. The highest BCUT2D eigenvalue weighted by atomic mass is 15.0. The molecule has 0 radical (unpaired) electrons. The molecule has 0 amide bonds. The molecule has 0 saturated heterocycles. The lowest BCUT2D eigenvalue weighted by Crippen LogP contribution is -2.00. The molecule has 234 valence electrons. The molecule has 9 rings (SSSR count).